The maximum absolute atomic E-state index is 12.3. The number of epoxide rings is 1. The standard InChI is InChI=1S/C15H15F3N2O/c1-2-14-4-3-11(7-12(14)21-14)8-13(9-19,10-20)5-6-15(16,17)18/h1,11-12H,3-8H2. The second-order valence-corrected chi connectivity index (χ2v) is 5.91. The van der Waals surface area contributed by atoms with Gasteiger partial charge >= 0.3 is 6.18 Å². The van der Waals surface area contributed by atoms with Crippen molar-refractivity contribution >= 4 is 0 Å². The molecule has 2 aliphatic rings. The first kappa shape index (κ1) is 15.7. The average Bonchev–Trinajstić information content (AvgIpc) is 3.17. The molecule has 0 aromatic heterocycles. The first-order chi connectivity index (χ1) is 9.78. The highest BCUT2D eigenvalue weighted by atomic mass is 19.4. The van der Waals surface area contributed by atoms with Crippen molar-refractivity contribution in [2.24, 2.45) is 11.3 Å². The van der Waals surface area contributed by atoms with Gasteiger partial charge in [0.05, 0.1) is 12.1 Å². The lowest BCUT2D eigenvalue weighted by atomic mass is 9.72. The second-order valence-electron chi connectivity index (χ2n) is 5.91. The van der Waals surface area contributed by atoms with E-state index in [0.29, 0.717) is 19.3 Å². The molecule has 0 spiro atoms. The SMILES string of the molecule is C#CC12CCC(CC(C#N)(C#N)CCC(F)(F)F)CC1O2. The molecule has 2 fully saturated rings. The summed E-state index contributed by atoms with van der Waals surface area (Å²) in [5.41, 5.74) is -2.07. The smallest absolute Gasteiger partial charge is 0.352 e. The summed E-state index contributed by atoms with van der Waals surface area (Å²) in [6.07, 6.45) is 1.46. The largest absolute Gasteiger partial charge is 0.389 e. The summed E-state index contributed by atoms with van der Waals surface area (Å²) in [4.78, 5) is 0. The number of hydrogen-bond donors (Lipinski definition) is 0. The molecule has 0 aromatic rings. The van der Waals surface area contributed by atoms with E-state index in [1.807, 2.05) is 0 Å². The van der Waals surface area contributed by atoms with E-state index in [4.69, 9.17) is 11.2 Å². The Morgan fingerprint density at radius 3 is 2.38 bits per heavy atom. The molecule has 3 nitrogen and oxygen atoms in total. The van der Waals surface area contributed by atoms with Crippen LogP contribution in [0.25, 0.3) is 0 Å². The molecule has 1 saturated heterocycles. The number of hydrogen-bond acceptors (Lipinski definition) is 3. The zero-order chi connectivity index (χ0) is 15.7. The van der Waals surface area contributed by atoms with Gasteiger partial charge in [-0.25, -0.2) is 0 Å². The minimum atomic E-state index is -4.36. The molecular formula is C15H15F3N2O. The van der Waals surface area contributed by atoms with Crippen LogP contribution in [0.4, 0.5) is 13.2 Å². The van der Waals surface area contributed by atoms with Crippen LogP contribution in [0.1, 0.15) is 38.5 Å². The van der Waals surface area contributed by atoms with Crippen molar-refractivity contribution in [2.75, 3.05) is 0 Å². The van der Waals surface area contributed by atoms with E-state index < -0.39 is 30.0 Å². The third-order valence-electron chi connectivity index (χ3n) is 4.43. The van der Waals surface area contributed by atoms with Crippen molar-refractivity contribution in [2.45, 2.75) is 56.4 Å². The molecule has 21 heavy (non-hydrogen) atoms. The number of fused-ring (bicyclic) bond motifs is 1. The van der Waals surface area contributed by atoms with E-state index >= 15 is 0 Å². The van der Waals surface area contributed by atoms with Gasteiger partial charge < -0.3 is 4.74 Å². The molecule has 0 amide bonds. The zero-order valence-electron chi connectivity index (χ0n) is 11.4. The lowest BCUT2D eigenvalue weighted by molar-refractivity contribution is -0.138. The van der Waals surface area contributed by atoms with Gasteiger partial charge in [-0.15, -0.1) is 6.42 Å². The molecule has 1 aliphatic heterocycles. The molecule has 3 unspecified atom stereocenters. The fourth-order valence-corrected chi connectivity index (χ4v) is 3.08. The van der Waals surface area contributed by atoms with E-state index in [1.165, 1.54) is 0 Å². The van der Waals surface area contributed by atoms with Crippen LogP contribution in [0.15, 0.2) is 0 Å². The van der Waals surface area contributed by atoms with Gasteiger partial charge in [0, 0.05) is 6.42 Å². The lowest BCUT2D eigenvalue weighted by Gasteiger charge is -2.28. The second kappa shape index (κ2) is 5.24. The summed E-state index contributed by atoms with van der Waals surface area (Å²) in [6, 6.07) is 3.59. The third-order valence-corrected chi connectivity index (χ3v) is 4.43. The van der Waals surface area contributed by atoms with Crippen LogP contribution < -0.4 is 0 Å². The van der Waals surface area contributed by atoms with Gasteiger partial charge in [-0.2, -0.15) is 23.7 Å². The van der Waals surface area contributed by atoms with Gasteiger partial charge in [0.1, 0.15) is 11.5 Å². The quantitative estimate of drug-likeness (QED) is 0.590. The van der Waals surface area contributed by atoms with E-state index in [1.54, 1.807) is 12.1 Å². The van der Waals surface area contributed by atoms with Crippen molar-refractivity contribution in [3.05, 3.63) is 0 Å². The van der Waals surface area contributed by atoms with Crippen molar-refractivity contribution in [1.82, 2.24) is 0 Å². The molecule has 3 atom stereocenters. The van der Waals surface area contributed by atoms with Crippen LogP contribution in [0.3, 0.4) is 0 Å². The van der Waals surface area contributed by atoms with Gasteiger partial charge in [0.25, 0.3) is 0 Å². The van der Waals surface area contributed by atoms with Crippen LogP contribution in [-0.2, 0) is 4.74 Å². The Bertz CT molecular complexity index is 523. The number of nitriles is 2. The van der Waals surface area contributed by atoms with E-state index in [0.717, 1.165) is 0 Å². The topological polar surface area (TPSA) is 60.1 Å². The fraction of sp³-hybridized carbons (Fsp3) is 0.733. The van der Waals surface area contributed by atoms with Gasteiger partial charge in [0.2, 0.25) is 0 Å². The summed E-state index contributed by atoms with van der Waals surface area (Å²) in [7, 11) is 0. The number of terminal acetylenes is 1. The predicted molar refractivity (Wildman–Crippen MR) is 67.3 cm³/mol. The first-order valence-corrected chi connectivity index (χ1v) is 6.83. The number of ether oxygens (including phenoxy) is 1. The first-order valence-electron chi connectivity index (χ1n) is 6.83. The number of nitrogens with zero attached hydrogens (tertiary/aromatic N) is 2. The van der Waals surface area contributed by atoms with E-state index in [2.05, 4.69) is 5.92 Å². The Morgan fingerprint density at radius 1 is 1.24 bits per heavy atom. The summed E-state index contributed by atoms with van der Waals surface area (Å²) >= 11 is 0. The maximum atomic E-state index is 12.3. The van der Waals surface area contributed by atoms with Gasteiger partial charge in [-0.05, 0) is 38.0 Å². The Labute approximate surface area is 121 Å². The third kappa shape index (κ3) is 3.31. The number of alkyl halides is 3. The summed E-state index contributed by atoms with van der Waals surface area (Å²) < 4.78 is 42.5. The zero-order valence-corrected chi connectivity index (χ0v) is 11.4. The van der Waals surface area contributed by atoms with Crippen LogP contribution in [0.5, 0.6) is 0 Å². The Kier molecular flexibility index (Phi) is 3.91. The van der Waals surface area contributed by atoms with Gasteiger partial charge in [-0.1, -0.05) is 5.92 Å². The highest BCUT2D eigenvalue weighted by molar-refractivity contribution is 5.24. The maximum Gasteiger partial charge on any atom is 0.389 e. The predicted octanol–water partition coefficient (Wildman–Crippen LogP) is 3.32. The van der Waals surface area contributed by atoms with E-state index in [9.17, 15) is 23.7 Å². The van der Waals surface area contributed by atoms with Crippen LogP contribution in [-0.4, -0.2) is 17.9 Å². The normalized spacial score (nSPS) is 31.4. The minimum absolute atomic E-state index is 0.00603. The van der Waals surface area contributed by atoms with Crippen LogP contribution >= 0.6 is 0 Å². The molecule has 1 heterocycles. The fourth-order valence-electron chi connectivity index (χ4n) is 3.08. The molecule has 0 bridgehead atoms. The van der Waals surface area contributed by atoms with Gasteiger partial charge in [0.15, 0.2) is 5.60 Å². The molecule has 0 aromatic carbocycles. The average molecular weight is 296 g/mol. The monoisotopic (exact) mass is 296 g/mol. The molecule has 1 aliphatic carbocycles. The Hall–Kier alpha value is -1.71. The van der Waals surface area contributed by atoms with Crippen molar-refractivity contribution in [3.8, 4) is 24.5 Å². The number of rotatable bonds is 4. The summed E-state index contributed by atoms with van der Waals surface area (Å²) in [5.74, 6) is 2.62. The Morgan fingerprint density at radius 2 is 1.90 bits per heavy atom. The van der Waals surface area contributed by atoms with Crippen molar-refractivity contribution in [3.63, 3.8) is 0 Å². The molecule has 0 N–H and O–H groups in total. The molecule has 1 saturated carbocycles. The van der Waals surface area contributed by atoms with E-state index in [-0.39, 0.29) is 18.4 Å². The minimum Gasteiger partial charge on any atom is -0.352 e. The highest BCUT2D eigenvalue weighted by Gasteiger charge is 2.58. The Balaban J connectivity index is 1.97. The summed E-state index contributed by atoms with van der Waals surface area (Å²) in [6.45, 7) is 0. The van der Waals surface area contributed by atoms with Gasteiger partial charge in [-0.3, -0.25) is 0 Å². The van der Waals surface area contributed by atoms with Crippen LogP contribution in [0.2, 0.25) is 0 Å². The molecule has 0 radical (unpaired) electrons. The molecule has 112 valence electrons. The highest BCUT2D eigenvalue weighted by Crippen LogP contribution is 2.51. The number of halogens is 3. The molecule has 6 heteroatoms. The molecule has 2 rings (SSSR count). The summed E-state index contributed by atoms with van der Waals surface area (Å²) in [5, 5.41) is 18.3. The van der Waals surface area contributed by atoms with Crippen molar-refractivity contribution in [1.29, 1.82) is 10.5 Å². The molecular weight excluding hydrogens is 281 g/mol. The van der Waals surface area contributed by atoms with Crippen LogP contribution in [0, 0.1) is 46.3 Å². The lowest BCUT2D eigenvalue weighted by Crippen LogP contribution is -2.29. The van der Waals surface area contributed by atoms with Crippen molar-refractivity contribution < 1.29 is 17.9 Å².